The maximum atomic E-state index is 11.9. The van der Waals surface area contributed by atoms with Crippen molar-refractivity contribution < 1.29 is 19.1 Å². The number of carbonyl (C=O) groups is 3. The minimum Gasteiger partial charge on any atom is -0.455 e. The lowest BCUT2D eigenvalue weighted by Gasteiger charge is -2.11. The quantitative estimate of drug-likeness (QED) is 0.805. The van der Waals surface area contributed by atoms with Crippen molar-refractivity contribution in [2.75, 3.05) is 11.9 Å². The maximum absolute atomic E-state index is 11.9. The summed E-state index contributed by atoms with van der Waals surface area (Å²) < 4.78 is 4.94. The van der Waals surface area contributed by atoms with Gasteiger partial charge in [0.2, 0.25) is 0 Å². The first kappa shape index (κ1) is 15.0. The average molecular weight is 322 g/mol. The summed E-state index contributed by atoms with van der Waals surface area (Å²) in [6.07, 6.45) is 5.51. The number of nitrogens with one attached hydrogen (secondary N) is 1. The van der Waals surface area contributed by atoms with E-state index in [-0.39, 0.29) is 18.5 Å². The molecule has 2 aliphatic rings. The first-order valence-electron chi connectivity index (χ1n) is 7.47. The molecule has 1 saturated carbocycles. The third-order valence-corrected chi connectivity index (χ3v) is 5.13. The molecule has 0 atom stereocenters. The number of fused-ring (bicyclic) bond motifs is 1. The fourth-order valence-corrected chi connectivity index (χ4v) is 3.96. The third-order valence-electron chi connectivity index (χ3n) is 3.93. The maximum Gasteiger partial charge on any atom is 0.309 e. The van der Waals surface area contributed by atoms with E-state index in [1.165, 1.54) is 11.3 Å². The lowest BCUT2D eigenvalue weighted by molar-refractivity contribution is -0.148. The Morgan fingerprint density at radius 1 is 1.23 bits per heavy atom. The SMILES string of the molecule is NC(=O)c1c(NC(=O)COC(=O)C2CC2)sc2c1CCCC2. The van der Waals surface area contributed by atoms with Crippen molar-refractivity contribution in [2.24, 2.45) is 11.7 Å². The Hall–Kier alpha value is -1.89. The zero-order valence-electron chi connectivity index (χ0n) is 12.1. The number of thiophene rings is 1. The minimum atomic E-state index is -0.523. The number of hydrogen-bond donors (Lipinski definition) is 2. The molecule has 0 aromatic carbocycles. The Balaban J connectivity index is 1.68. The van der Waals surface area contributed by atoms with Gasteiger partial charge in [0, 0.05) is 4.88 Å². The summed E-state index contributed by atoms with van der Waals surface area (Å²) in [5, 5.41) is 3.14. The van der Waals surface area contributed by atoms with Crippen LogP contribution in [0.2, 0.25) is 0 Å². The summed E-state index contributed by atoms with van der Waals surface area (Å²) in [4.78, 5) is 36.1. The van der Waals surface area contributed by atoms with E-state index < -0.39 is 11.8 Å². The van der Waals surface area contributed by atoms with Gasteiger partial charge in [-0.1, -0.05) is 0 Å². The average Bonchev–Trinajstić information content (AvgIpc) is 3.26. The van der Waals surface area contributed by atoms with Gasteiger partial charge in [-0.2, -0.15) is 0 Å². The predicted molar refractivity (Wildman–Crippen MR) is 81.8 cm³/mol. The molecule has 1 fully saturated rings. The summed E-state index contributed by atoms with van der Waals surface area (Å²) in [5.74, 6) is -1.32. The van der Waals surface area contributed by atoms with Crippen LogP contribution in [0.3, 0.4) is 0 Å². The molecule has 1 aromatic heterocycles. The van der Waals surface area contributed by atoms with Gasteiger partial charge in [-0.3, -0.25) is 14.4 Å². The van der Waals surface area contributed by atoms with Crippen molar-refractivity contribution in [1.29, 1.82) is 0 Å². The van der Waals surface area contributed by atoms with Crippen molar-refractivity contribution in [1.82, 2.24) is 0 Å². The van der Waals surface area contributed by atoms with Gasteiger partial charge in [-0.15, -0.1) is 11.3 Å². The number of aryl methyl sites for hydroxylation is 1. The van der Waals surface area contributed by atoms with E-state index >= 15 is 0 Å². The number of primary amides is 1. The van der Waals surface area contributed by atoms with Crippen LogP contribution in [0.5, 0.6) is 0 Å². The van der Waals surface area contributed by atoms with Crippen LogP contribution in [0.25, 0.3) is 0 Å². The minimum absolute atomic E-state index is 0.0389. The Morgan fingerprint density at radius 2 is 1.95 bits per heavy atom. The zero-order valence-corrected chi connectivity index (χ0v) is 13.0. The zero-order chi connectivity index (χ0) is 15.7. The molecule has 22 heavy (non-hydrogen) atoms. The predicted octanol–water partition coefficient (Wildman–Crippen LogP) is 1.62. The van der Waals surface area contributed by atoms with Gasteiger partial charge in [-0.05, 0) is 44.1 Å². The van der Waals surface area contributed by atoms with Crippen molar-refractivity contribution in [3.63, 3.8) is 0 Å². The number of hydrogen-bond acceptors (Lipinski definition) is 5. The van der Waals surface area contributed by atoms with E-state index in [4.69, 9.17) is 10.5 Å². The molecular formula is C15H18N2O4S. The number of ether oxygens (including phenoxy) is 1. The number of nitrogens with two attached hydrogens (primary N) is 1. The highest BCUT2D eigenvalue weighted by atomic mass is 32.1. The second-order valence-corrected chi connectivity index (χ2v) is 6.81. The second-order valence-electron chi connectivity index (χ2n) is 5.71. The normalized spacial score (nSPS) is 16.7. The molecule has 0 spiro atoms. The largest absolute Gasteiger partial charge is 0.455 e. The molecule has 1 aromatic rings. The summed E-state index contributed by atoms with van der Waals surface area (Å²) in [6, 6.07) is 0. The molecule has 6 nitrogen and oxygen atoms in total. The first-order chi connectivity index (χ1) is 10.6. The molecule has 2 amide bonds. The molecule has 1 heterocycles. The van der Waals surface area contributed by atoms with Gasteiger partial charge < -0.3 is 15.8 Å². The molecular weight excluding hydrogens is 304 g/mol. The van der Waals surface area contributed by atoms with Crippen LogP contribution >= 0.6 is 11.3 Å². The van der Waals surface area contributed by atoms with E-state index in [1.54, 1.807) is 0 Å². The fourth-order valence-electron chi connectivity index (χ4n) is 2.65. The summed E-state index contributed by atoms with van der Waals surface area (Å²) in [7, 11) is 0. The molecule has 3 N–H and O–H groups in total. The molecule has 7 heteroatoms. The standard InChI is InChI=1S/C15H18N2O4S/c16-13(19)12-9-3-1-2-4-10(9)22-14(12)17-11(18)7-21-15(20)8-5-6-8/h8H,1-7H2,(H2,16,19)(H,17,18). The van der Waals surface area contributed by atoms with Crippen molar-refractivity contribution in [2.45, 2.75) is 38.5 Å². The first-order valence-corrected chi connectivity index (χ1v) is 8.28. The van der Waals surface area contributed by atoms with E-state index in [2.05, 4.69) is 5.32 Å². The molecule has 0 saturated heterocycles. The van der Waals surface area contributed by atoms with Crippen molar-refractivity contribution >= 4 is 34.1 Å². The Bertz CT molecular complexity index is 634. The highest BCUT2D eigenvalue weighted by Crippen LogP contribution is 2.37. The van der Waals surface area contributed by atoms with E-state index in [0.29, 0.717) is 10.6 Å². The van der Waals surface area contributed by atoms with Gasteiger partial charge in [0.1, 0.15) is 5.00 Å². The fraction of sp³-hybridized carbons (Fsp3) is 0.533. The summed E-state index contributed by atoms with van der Waals surface area (Å²) in [6.45, 7) is -0.323. The Labute approximate surface area is 132 Å². The van der Waals surface area contributed by atoms with Crippen molar-refractivity contribution in [3.8, 4) is 0 Å². The molecule has 0 radical (unpaired) electrons. The Morgan fingerprint density at radius 3 is 2.64 bits per heavy atom. The Kier molecular flexibility index (Phi) is 4.15. The highest BCUT2D eigenvalue weighted by molar-refractivity contribution is 7.17. The second kappa shape index (κ2) is 6.08. The van der Waals surface area contributed by atoms with Gasteiger partial charge in [-0.25, -0.2) is 0 Å². The van der Waals surface area contributed by atoms with Crippen LogP contribution in [0.4, 0.5) is 5.00 Å². The van der Waals surface area contributed by atoms with E-state index in [9.17, 15) is 14.4 Å². The molecule has 0 bridgehead atoms. The van der Waals surface area contributed by atoms with Gasteiger partial charge >= 0.3 is 5.97 Å². The molecule has 118 valence electrons. The van der Waals surface area contributed by atoms with Crippen LogP contribution in [0.15, 0.2) is 0 Å². The lowest BCUT2D eigenvalue weighted by atomic mass is 9.95. The van der Waals surface area contributed by atoms with Crippen LogP contribution in [0, 0.1) is 5.92 Å². The number of anilines is 1. The summed E-state index contributed by atoms with van der Waals surface area (Å²) >= 11 is 1.40. The van der Waals surface area contributed by atoms with Gasteiger partial charge in [0.15, 0.2) is 6.61 Å². The van der Waals surface area contributed by atoms with Crippen LogP contribution in [-0.4, -0.2) is 24.4 Å². The summed E-state index contributed by atoms with van der Waals surface area (Å²) in [5.41, 5.74) is 6.84. The third kappa shape index (κ3) is 3.14. The van der Waals surface area contributed by atoms with E-state index in [0.717, 1.165) is 49.0 Å². The van der Waals surface area contributed by atoms with Crippen LogP contribution < -0.4 is 11.1 Å². The van der Waals surface area contributed by atoms with Crippen LogP contribution in [0.1, 0.15) is 46.5 Å². The van der Waals surface area contributed by atoms with Gasteiger partial charge in [0.25, 0.3) is 11.8 Å². The smallest absolute Gasteiger partial charge is 0.309 e. The van der Waals surface area contributed by atoms with Crippen LogP contribution in [-0.2, 0) is 27.2 Å². The molecule has 0 aliphatic heterocycles. The molecule has 2 aliphatic carbocycles. The van der Waals surface area contributed by atoms with E-state index in [1.807, 2.05) is 0 Å². The van der Waals surface area contributed by atoms with Gasteiger partial charge in [0.05, 0.1) is 11.5 Å². The van der Waals surface area contributed by atoms with Crippen molar-refractivity contribution in [3.05, 3.63) is 16.0 Å². The molecule has 0 unspecified atom stereocenters. The molecule has 3 rings (SSSR count). The highest BCUT2D eigenvalue weighted by Gasteiger charge is 2.32. The number of carbonyl (C=O) groups excluding carboxylic acids is 3. The topological polar surface area (TPSA) is 98.5 Å². The number of rotatable bonds is 5. The number of esters is 1. The monoisotopic (exact) mass is 322 g/mol. The lowest BCUT2D eigenvalue weighted by Crippen LogP contribution is -2.23. The number of amides is 2.